The number of hydrogen-bond acceptors (Lipinski definition) is 7. The SMILES string of the molecule is COc1cc(OCC(=O)O)c(/C=C/C(=O)c2cccc3ncsc23)cc1-c1cc2ccccc2s1. The van der Waals surface area contributed by atoms with Gasteiger partial charge < -0.3 is 14.6 Å². The molecule has 0 aliphatic rings. The average molecular weight is 502 g/mol. The first-order valence-corrected chi connectivity index (χ1v) is 12.3. The highest BCUT2D eigenvalue weighted by Crippen LogP contribution is 2.42. The first-order valence-electron chi connectivity index (χ1n) is 10.6. The van der Waals surface area contributed by atoms with Crippen LogP contribution in [0.15, 0.2) is 72.3 Å². The first-order chi connectivity index (χ1) is 17.0. The van der Waals surface area contributed by atoms with Gasteiger partial charge in [-0.05, 0) is 47.9 Å². The third-order valence-electron chi connectivity index (χ3n) is 5.41. The molecule has 8 heteroatoms. The highest BCUT2D eigenvalue weighted by molar-refractivity contribution is 7.22. The summed E-state index contributed by atoms with van der Waals surface area (Å²) in [5.41, 5.74) is 4.45. The van der Waals surface area contributed by atoms with Gasteiger partial charge in [0.05, 0.1) is 22.8 Å². The molecule has 0 unspecified atom stereocenters. The van der Waals surface area contributed by atoms with Crippen LogP contribution in [0.5, 0.6) is 11.5 Å². The van der Waals surface area contributed by atoms with Crippen molar-refractivity contribution in [2.24, 2.45) is 0 Å². The molecule has 6 nitrogen and oxygen atoms in total. The number of aromatic nitrogens is 1. The molecule has 0 aliphatic heterocycles. The number of thiazole rings is 1. The van der Waals surface area contributed by atoms with Crippen molar-refractivity contribution in [2.75, 3.05) is 13.7 Å². The van der Waals surface area contributed by atoms with Crippen LogP contribution in [0.2, 0.25) is 0 Å². The van der Waals surface area contributed by atoms with E-state index in [4.69, 9.17) is 14.6 Å². The molecule has 0 radical (unpaired) electrons. The van der Waals surface area contributed by atoms with Crippen molar-refractivity contribution in [1.29, 1.82) is 0 Å². The molecule has 2 aromatic heterocycles. The number of thiophene rings is 1. The Hall–Kier alpha value is -4.01. The second kappa shape index (κ2) is 9.69. The standard InChI is InChI=1S/C27H19NO5S2/c1-32-23-13-22(33-14-26(30)31)16(11-19(23)25-12-17-5-2-3-8-24(17)35-25)9-10-21(29)18-6-4-7-20-27(18)34-15-28-20/h2-13,15H,14H2,1H3,(H,30,31)/b10-9+. The molecule has 2 heterocycles. The summed E-state index contributed by atoms with van der Waals surface area (Å²) in [6.07, 6.45) is 3.12. The fourth-order valence-electron chi connectivity index (χ4n) is 3.78. The molecule has 5 aromatic rings. The summed E-state index contributed by atoms with van der Waals surface area (Å²) < 4.78 is 13.1. The van der Waals surface area contributed by atoms with E-state index in [-0.39, 0.29) is 5.78 Å². The zero-order chi connectivity index (χ0) is 24.4. The average Bonchev–Trinajstić information content (AvgIpc) is 3.52. The highest BCUT2D eigenvalue weighted by atomic mass is 32.1. The number of rotatable bonds is 8. The normalized spacial score (nSPS) is 11.3. The molecule has 0 aliphatic carbocycles. The molecular weight excluding hydrogens is 482 g/mol. The fraction of sp³-hybridized carbons (Fsp3) is 0.0741. The zero-order valence-corrected chi connectivity index (χ0v) is 20.2. The largest absolute Gasteiger partial charge is 0.496 e. The third kappa shape index (κ3) is 4.66. The van der Waals surface area contributed by atoms with Gasteiger partial charge in [-0.1, -0.05) is 24.3 Å². The minimum atomic E-state index is -1.10. The number of carbonyl (C=O) groups is 2. The smallest absolute Gasteiger partial charge is 0.341 e. The lowest BCUT2D eigenvalue weighted by Crippen LogP contribution is -2.10. The van der Waals surface area contributed by atoms with Crippen molar-refractivity contribution < 1.29 is 24.2 Å². The van der Waals surface area contributed by atoms with Crippen LogP contribution in [-0.4, -0.2) is 35.6 Å². The maximum absolute atomic E-state index is 13.0. The van der Waals surface area contributed by atoms with E-state index in [1.165, 1.54) is 17.4 Å². The van der Waals surface area contributed by atoms with Crippen LogP contribution >= 0.6 is 22.7 Å². The lowest BCUT2D eigenvalue weighted by atomic mass is 10.0. The quantitative estimate of drug-likeness (QED) is 0.192. The summed E-state index contributed by atoms with van der Waals surface area (Å²) in [6.45, 7) is -0.514. The van der Waals surface area contributed by atoms with E-state index in [1.807, 2.05) is 30.3 Å². The number of ketones is 1. The van der Waals surface area contributed by atoms with Crippen LogP contribution in [-0.2, 0) is 4.79 Å². The second-order valence-corrected chi connectivity index (χ2v) is 9.56. The maximum atomic E-state index is 13.0. The molecule has 1 N–H and O–H groups in total. The Bertz CT molecular complexity index is 1570. The fourth-order valence-corrected chi connectivity index (χ4v) is 5.68. The second-order valence-electron chi connectivity index (χ2n) is 7.62. The predicted molar refractivity (Wildman–Crippen MR) is 140 cm³/mol. The number of carboxylic acids is 1. The van der Waals surface area contributed by atoms with Crippen LogP contribution in [0.1, 0.15) is 15.9 Å². The Kier molecular flexibility index (Phi) is 6.31. The van der Waals surface area contributed by atoms with Gasteiger partial charge in [0.25, 0.3) is 0 Å². The van der Waals surface area contributed by atoms with Gasteiger partial charge >= 0.3 is 5.97 Å². The summed E-state index contributed by atoms with van der Waals surface area (Å²) >= 11 is 3.04. The number of allylic oxidation sites excluding steroid dienone is 1. The summed E-state index contributed by atoms with van der Waals surface area (Å²) in [5.74, 6) is -0.410. The minimum Gasteiger partial charge on any atom is -0.496 e. The number of hydrogen-bond donors (Lipinski definition) is 1. The lowest BCUT2D eigenvalue weighted by Gasteiger charge is -2.13. The number of carbonyl (C=O) groups excluding carboxylic acids is 1. The molecule has 3 aromatic carbocycles. The van der Waals surface area contributed by atoms with E-state index < -0.39 is 12.6 Å². The van der Waals surface area contributed by atoms with Crippen molar-refractivity contribution >= 4 is 60.8 Å². The van der Waals surface area contributed by atoms with Crippen molar-refractivity contribution in [2.45, 2.75) is 0 Å². The van der Waals surface area contributed by atoms with Crippen molar-refractivity contribution in [3.8, 4) is 21.9 Å². The summed E-state index contributed by atoms with van der Waals surface area (Å²) in [7, 11) is 1.56. The molecule has 0 bridgehead atoms. The van der Waals surface area contributed by atoms with Gasteiger partial charge in [-0.25, -0.2) is 9.78 Å². The predicted octanol–water partition coefficient (Wildman–Crippen LogP) is 6.55. The third-order valence-corrected chi connectivity index (χ3v) is 7.44. The minimum absolute atomic E-state index is 0.178. The number of nitrogens with zero attached hydrogens (tertiary/aromatic N) is 1. The molecule has 5 rings (SSSR count). The van der Waals surface area contributed by atoms with Gasteiger partial charge in [0.1, 0.15) is 11.5 Å². The lowest BCUT2D eigenvalue weighted by molar-refractivity contribution is -0.139. The van der Waals surface area contributed by atoms with E-state index in [0.717, 1.165) is 30.7 Å². The molecule has 35 heavy (non-hydrogen) atoms. The molecule has 0 atom stereocenters. The van der Waals surface area contributed by atoms with Gasteiger partial charge in [0, 0.05) is 32.3 Å². The first kappa shape index (κ1) is 22.8. The van der Waals surface area contributed by atoms with Crippen LogP contribution < -0.4 is 9.47 Å². The number of carboxylic acid groups (broad SMARTS) is 1. The van der Waals surface area contributed by atoms with Crippen molar-refractivity contribution in [3.63, 3.8) is 0 Å². The van der Waals surface area contributed by atoms with E-state index in [1.54, 1.807) is 48.2 Å². The number of ether oxygens (including phenoxy) is 2. The monoisotopic (exact) mass is 501 g/mol. The number of methoxy groups -OCH3 is 1. The number of fused-ring (bicyclic) bond motifs is 2. The van der Waals surface area contributed by atoms with Crippen molar-refractivity contribution in [3.05, 3.63) is 83.4 Å². The Labute approximate surface area is 208 Å². The Morgan fingerprint density at radius 2 is 1.91 bits per heavy atom. The molecule has 0 saturated carbocycles. The van der Waals surface area contributed by atoms with Crippen LogP contribution in [0.3, 0.4) is 0 Å². The van der Waals surface area contributed by atoms with Gasteiger partial charge in [-0.15, -0.1) is 22.7 Å². The van der Waals surface area contributed by atoms with Gasteiger partial charge in [-0.3, -0.25) is 4.79 Å². The summed E-state index contributed by atoms with van der Waals surface area (Å²) in [6, 6.07) is 19.1. The molecule has 0 saturated heterocycles. The molecule has 0 fully saturated rings. The molecule has 0 amide bonds. The van der Waals surface area contributed by atoms with E-state index in [2.05, 4.69) is 17.1 Å². The van der Waals surface area contributed by atoms with Gasteiger partial charge in [0.2, 0.25) is 0 Å². The summed E-state index contributed by atoms with van der Waals surface area (Å²) in [5, 5.41) is 10.2. The topological polar surface area (TPSA) is 85.7 Å². The van der Waals surface area contributed by atoms with Gasteiger partial charge in [0.15, 0.2) is 12.4 Å². The Morgan fingerprint density at radius 3 is 2.71 bits per heavy atom. The molecular formula is C27H19NO5S2. The summed E-state index contributed by atoms with van der Waals surface area (Å²) in [4.78, 5) is 29.4. The maximum Gasteiger partial charge on any atom is 0.341 e. The Balaban J connectivity index is 1.58. The zero-order valence-electron chi connectivity index (χ0n) is 18.6. The van der Waals surface area contributed by atoms with Crippen LogP contribution in [0.4, 0.5) is 0 Å². The van der Waals surface area contributed by atoms with Crippen LogP contribution in [0.25, 0.3) is 36.8 Å². The van der Waals surface area contributed by atoms with Crippen molar-refractivity contribution in [1.82, 2.24) is 4.98 Å². The van der Waals surface area contributed by atoms with E-state index in [9.17, 15) is 9.59 Å². The number of benzene rings is 3. The van der Waals surface area contributed by atoms with E-state index in [0.29, 0.717) is 22.6 Å². The Morgan fingerprint density at radius 1 is 1.06 bits per heavy atom. The molecule has 0 spiro atoms. The van der Waals surface area contributed by atoms with E-state index >= 15 is 0 Å². The highest BCUT2D eigenvalue weighted by Gasteiger charge is 2.16. The number of aliphatic carboxylic acids is 1. The molecule has 174 valence electrons. The van der Waals surface area contributed by atoms with Crippen LogP contribution in [0, 0.1) is 0 Å². The van der Waals surface area contributed by atoms with Gasteiger partial charge in [-0.2, -0.15) is 0 Å².